The molecule has 0 saturated carbocycles. The Bertz CT molecular complexity index is 672. The summed E-state index contributed by atoms with van der Waals surface area (Å²) in [5.74, 6) is -4.80. The molecule has 0 amide bonds. The second-order valence-electron chi connectivity index (χ2n) is 8.20. The van der Waals surface area contributed by atoms with Gasteiger partial charge in [-0.05, 0) is 0 Å². The van der Waals surface area contributed by atoms with Gasteiger partial charge in [-0.1, -0.05) is 6.92 Å². The Morgan fingerprint density at radius 2 is 1.33 bits per heavy atom. The minimum Gasteiger partial charge on any atom is -0.544 e. The van der Waals surface area contributed by atoms with E-state index in [4.69, 9.17) is 9.47 Å². The number of carboxylic acids is 3. The highest BCUT2D eigenvalue weighted by atomic mass is 16.5. The molecule has 3 atom stereocenters. The second kappa shape index (κ2) is 15.9. The molecule has 190 valence electrons. The highest BCUT2D eigenvalue weighted by Crippen LogP contribution is 2.03. The lowest BCUT2D eigenvalue weighted by Crippen LogP contribution is -3.20. The van der Waals surface area contributed by atoms with E-state index in [0.29, 0.717) is 22.9 Å². The van der Waals surface area contributed by atoms with E-state index >= 15 is 0 Å². The molecule has 0 spiro atoms. The van der Waals surface area contributed by atoms with Crippen LogP contribution in [-0.2, 0) is 33.4 Å². The van der Waals surface area contributed by atoms with Gasteiger partial charge in [-0.2, -0.15) is 0 Å². The number of quaternary nitrogens is 3. The van der Waals surface area contributed by atoms with Crippen LogP contribution in [0.3, 0.4) is 0 Å². The van der Waals surface area contributed by atoms with Gasteiger partial charge in [-0.25, -0.2) is 0 Å². The van der Waals surface area contributed by atoms with Crippen LogP contribution in [0.1, 0.15) is 19.8 Å². The fourth-order valence-electron chi connectivity index (χ4n) is 3.03. The average Bonchev–Trinajstić information content (AvgIpc) is 2.68. The molecule has 0 fully saturated rings. The highest BCUT2D eigenvalue weighted by Gasteiger charge is 2.23. The van der Waals surface area contributed by atoms with Crippen molar-refractivity contribution in [3.05, 3.63) is 0 Å². The predicted octanol–water partition coefficient (Wildman–Crippen LogP) is -8.03. The molecule has 0 aliphatic carbocycles. The lowest BCUT2D eigenvalue weighted by atomic mass is 10.3. The first kappa shape index (κ1) is 30.2. The number of aliphatic carboxylic acids is 3. The lowest BCUT2D eigenvalue weighted by molar-refractivity contribution is -0.943. The number of carboxylic acid groups (broad SMARTS) is 3. The number of hydrogen-bond donors (Lipinski definition) is 2. The molecule has 0 aliphatic rings. The van der Waals surface area contributed by atoms with E-state index in [1.165, 1.54) is 0 Å². The topological polar surface area (TPSA) is 182 Å². The number of esters is 2. The third kappa shape index (κ3) is 16.5. The lowest BCUT2D eigenvalue weighted by Gasteiger charge is -2.34. The van der Waals surface area contributed by atoms with Gasteiger partial charge in [0.05, 0.1) is 45.0 Å². The standard InChI is InChI=1S/C20H35N3O10/c1-4-19(30)32-11-9-23(3,15-18(28)29)10-12-33-20(31)5-6-22(14-17(26)27)8-7-21(2)13-16(24)25/h4-15H2,1-3H3,(H2-,24,25,26,27,28,29). The van der Waals surface area contributed by atoms with Crippen molar-refractivity contribution < 1.29 is 63.0 Å². The zero-order valence-corrected chi connectivity index (χ0v) is 19.5. The Hall–Kier alpha value is -2.77. The third-order valence-corrected chi connectivity index (χ3v) is 5.02. The maximum absolute atomic E-state index is 12.1. The molecule has 0 heterocycles. The van der Waals surface area contributed by atoms with Crippen LogP contribution in [0.4, 0.5) is 0 Å². The fourth-order valence-corrected chi connectivity index (χ4v) is 3.03. The molecule has 33 heavy (non-hydrogen) atoms. The van der Waals surface area contributed by atoms with Crippen molar-refractivity contribution in [2.75, 3.05) is 79.7 Å². The smallest absolute Gasteiger partial charge is 0.311 e. The zero-order valence-electron chi connectivity index (χ0n) is 19.5. The molecule has 0 aromatic rings. The predicted molar refractivity (Wildman–Crippen MR) is 105 cm³/mol. The van der Waals surface area contributed by atoms with Crippen LogP contribution in [0.15, 0.2) is 0 Å². The van der Waals surface area contributed by atoms with Crippen LogP contribution in [0.2, 0.25) is 0 Å². The number of ether oxygens (including phenoxy) is 2. The summed E-state index contributed by atoms with van der Waals surface area (Å²) >= 11 is 0. The molecule has 0 rings (SSSR count). The Balaban J connectivity index is 4.57. The number of carbonyl (C=O) groups excluding carboxylic acids is 5. The summed E-state index contributed by atoms with van der Waals surface area (Å²) in [4.78, 5) is 57.1. The Labute approximate surface area is 193 Å². The minimum atomic E-state index is -1.30. The molecule has 0 aromatic carbocycles. The molecule has 0 bridgehead atoms. The van der Waals surface area contributed by atoms with Gasteiger partial charge in [-0.3, -0.25) is 9.59 Å². The van der Waals surface area contributed by atoms with Crippen LogP contribution in [0, 0.1) is 0 Å². The van der Waals surface area contributed by atoms with Crippen LogP contribution in [0.25, 0.3) is 0 Å². The van der Waals surface area contributed by atoms with E-state index in [2.05, 4.69) is 0 Å². The monoisotopic (exact) mass is 477 g/mol. The maximum atomic E-state index is 12.1. The van der Waals surface area contributed by atoms with Gasteiger partial charge >= 0.3 is 11.9 Å². The van der Waals surface area contributed by atoms with Crippen LogP contribution < -0.4 is 25.1 Å². The van der Waals surface area contributed by atoms with E-state index < -0.39 is 29.8 Å². The number of likely N-dealkylation sites (N-methyl/N-ethyl adjacent to an activating group) is 2. The molecule has 13 heteroatoms. The van der Waals surface area contributed by atoms with E-state index in [-0.39, 0.29) is 69.8 Å². The van der Waals surface area contributed by atoms with E-state index in [1.807, 2.05) is 0 Å². The van der Waals surface area contributed by atoms with Crippen molar-refractivity contribution in [3.63, 3.8) is 0 Å². The number of nitrogens with one attached hydrogen (secondary N) is 2. The van der Waals surface area contributed by atoms with Crippen LogP contribution in [-0.4, -0.2) is 114 Å². The van der Waals surface area contributed by atoms with Crippen molar-refractivity contribution in [1.82, 2.24) is 0 Å². The van der Waals surface area contributed by atoms with Crippen LogP contribution >= 0.6 is 0 Å². The average molecular weight is 478 g/mol. The van der Waals surface area contributed by atoms with E-state index in [0.717, 1.165) is 0 Å². The quantitative estimate of drug-likeness (QED) is 0.134. The molecule has 3 unspecified atom stereocenters. The maximum Gasteiger partial charge on any atom is 0.311 e. The molecular weight excluding hydrogens is 442 g/mol. The highest BCUT2D eigenvalue weighted by molar-refractivity contribution is 5.69. The Morgan fingerprint density at radius 1 is 0.788 bits per heavy atom. The first-order chi connectivity index (χ1) is 15.4. The molecule has 0 aliphatic heterocycles. The summed E-state index contributed by atoms with van der Waals surface area (Å²) < 4.78 is 10.1. The zero-order chi connectivity index (χ0) is 25.4. The minimum absolute atomic E-state index is 0.0142. The largest absolute Gasteiger partial charge is 0.544 e. The summed E-state index contributed by atoms with van der Waals surface area (Å²) in [6.45, 7) is 1.79. The molecule has 0 saturated heterocycles. The van der Waals surface area contributed by atoms with Crippen molar-refractivity contribution in [2.45, 2.75) is 19.8 Å². The summed E-state index contributed by atoms with van der Waals surface area (Å²) in [5, 5.41) is 32.6. The van der Waals surface area contributed by atoms with Crippen molar-refractivity contribution >= 4 is 29.8 Å². The van der Waals surface area contributed by atoms with Gasteiger partial charge in [0.25, 0.3) is 0 Å². The van der Waals surface area contributed by atoms with Gasteiger partial charge in [0.1, 0.15) is 59.0 Å². The van der Waals surface area contributed by atoms with Gasteiger partial charge in [0.2, 0.25) is 0 Å². The molecule has 13 nitrogen and oxygen atoms in total. The SMILES string of the molecule is CCC(=O)OCC[N+](C)(CCOC(=O)CC[NH+](CC[NH+](C)CC(=O)[O-])CC(=O)[O-])CC(=O)[O-]. The molecule has 0 aromatic heterocycles. The summed E-state index contributed by atoms with van der Waals surface area (Å²) in [5.41, 5.74) is 0. The van der Waals surface area contributed by atoms with Crippen LogP contribution in [0.5, 0.6) is 0 Å². The van der Waals surface area contributed by atoms with Gasteiger partial charge in [-0.15, -0.1) is 0 Å². The Morgan fingerprint density at radius 3 is 1.82 bits per heavy atom. The molecular formula is C20H35N3O10. The summed E-state index contributed by atoms with van der Waals surface area (Å²) in [6.07, 6.45) is 0.119. The number of hydrogen-bond acceptors (Lipinski definition) is 10. The van der Waals surface area contributed by atoms with Gasteiger partial charge in [0.15, 0.2) is 0 Å². The summed E-state index contributed by atoms with van der Waals surface area (Å²) in [7, 11) is 3.24. The normalized spacial score (nSPS) is 14.5. The van der Waals surface area contributed by atoms with Gasteiger partial charge < -0.3 is 53.5 Å². The number of carbonyl (C=O) groups is 5. The van der Waals surface area contributed by atoms with E-state index in [9.17, 15) is 39.3 Å². The van der Waals surface area contributed by atoms with Crippen molar-refractivity contribution in [3.8, 4) is 0 Å². The van der Waals surface area contributed by atoms with E-state index in [1.54, 1.807) is 21.0 Å². The first-order valence-corrected chi connectivity index (χ1v) is 10.8. The fraction of sp³-hybridized carbons (Fsp3) is 0.750. The molecule has 0 radical (unpaired) electrons. The summed E-state index contributed by atoms with van der Waals surface area (Å²) in [6, 6.07) is 0. The van der Waals surface area contributed by atoms with Crippen molar-refractivity contribution in [1.29, 1.82) is 0 Å². The second-order valence-corrected chi connectivity index (χ2v) is 8.20. The number of nitrogens with zero attached hydrogens (tertiary/aromatic N) is 1. The number of rotatable bonds is 19. The van der Waals surface area contributed by atoms with Crippen molar-refractivity contribution in [2.24, 2.45) is 0 Å². The first-order valence-electron chi connectivity index (χ1n) is 10.8. The molecule has 2 N–H and O–H groups in total. The Kier molecular flexibility index (Phi) is 14.6. The third-order valence-electron chi connectivity index (χ3n) is 5.02. The van der Waals surface area contributed by atoms with Gasteiger partial charge in [0, 0.05) is 6.42 Å².